The molecule has 0 atom stereocenters. The second kappa shape index (κ2) is 6.82. The molecule has 0 aliphatic rings. The lowest BCUT2D eigenvalue weighted by molar-refractivity contribution is 0.0695. The van der Waals surface area contributed by atoms with E-state index in [-0.39, 0.29) is 17.9 Å². The van der Waals surface area contributed by atoms with E-state index in [2.05, 4.69) is 15.3 Å². The topological polar surface area (TPSA) is 121 Å². The number of nitrogens with one attached hydrogen (secondary N) is 1. The first-order chi connectivity index (χ1) is 13.4. The molecule has 4 aromatic rings. The average Bonchev–Trinajstić information content (AvgIpc) is 3.10. The molecule has 4 rings (SSSR count). The maximum absolute atomic E-state index is 12.1. The minimum atomic E-state index is -1.31. The fourth-order valence-electron chi connectivity index (χ4n) is 2.99. The molecule has 2 aromatic heterocycles. The highest BCUT2D eigenvalue weighted by molar-refractivity contribution is 6.31. The van der Waals surface area contributed by atoms with E-state index in [9.17, 15) is 14.7 Å². The van der Waals surface area contributed by atoms with Crippen LogP contribution < -0.4 is 5.56 Å². The second-order valence-electron chi connectivity index (χ2n) is 6.20. The predicted molar refractivity (Wildman–Crippen MR) is 103 cm³/mol. The van der Waals surface area contributed by atoms with Crippen molar-refractivity contribution in [2.75, 3.05) is 0 Å². The van der Waals surface area contributed by atoms with Crippen molar-refractivity contribution in [1.29, 1.82) is 0 Å². The van der Waals surface area contributed by atoms with E-state index >= 15 is 0 Å². The average molecular weight is 397 g/mol. The summed E-state index contributed by atoms with van der Waals surface area (Å²) in [7, 11) is 0. The monoisotopic (exact) mass is 396 g/mol. The molecule has 28 heavy (non-hydrogen) atoms. The molecule has 0 spiro atoms. The van der Waals surface area contributed by atoms with Gasteiger partial charge in [-0.1, -0.05) is 28.9 Å². The van der Waals surface area contributed by atoms with Crippen LogP contribution in [0.4, 0.5) is 0 Å². The zero-order valence-corrected chi connectivity index (χ0v) is 15.0. The number of carbonyl (C=O) groups is 1. The Labute approximate surface area is 162 Å². The summed E-state index contributed by atoms with van der Waals surface area (Å²) in [5.74, 6) is -1.18. The highest BCUT2D eigenvalue weighted by atomic mass is 35.5. The number of halogens is 1. The van der Waals surface area contributed by atoms with Crippen LogP contribution in [0, 0.1) is 0 Å². The van der Waals surface area contributed by atoms with Crippen LogP contribution in [-0.2, 0) is 6.54 Å². The smallest absolute Gasteiger partial charge is 0.341 e. The van der Waals surface area contributed by atoms with Crippen molar-refractivity contribution in [3.8, 4) is 17.0 Å². The number of H-pyrrole nitrogens is 1. The number of hydrogen-bond donors (Lipinski definition) is 3. The number of benzene rings is 2. The van der Waals surface area contributed by atoms with E-state index in [1.54, 1.807) is 47.3 Å². The first-order valence-corrected chi connectivity index (χ1v) is 8.57. The fraction of sp³-hybridized carbons (Fsp3) is 0.0526. The van der Waals surface area contributed by atoms with Gasteiger partial charge < -0.3 is 15.2 Å². The van der Waals surface area contributed by atoms with Gasteiger partial charge in [0.1, 0.15) is 17.0 Å². The third-order valence-corrected chi connectivity index (χ3v) is 4.46. The molecule has 0 bridgehead atoms. The lowest BCUT2D eigenvalue weighted by Gasteiger charge is -2.08. The lowest BCUT2D eigenvalue weighted by Crippen LogP contribution is -2.17. The van der Waals surface area contributed by atoms with Crippen molar-refractivity contribution in [3.63, 3.8) is 0 Å². The van der Waals surface area contributed by atoms with Gasteiger partial charge in [-0.15, -0.1) is 5.10 Å². The summed E-state index contributed by atoms with van der Waals surface area (Å²) in [6.07, 6.45) is 1.70. The van der Waals surface area contributed by atoms with Crippen LogP contribution in [0.3, 0.4) is 0 Å². The van der Waals surface area contributed by atoms with Crippen molar-refractivity contribution >= 4 is 28.5 Å². The normalized spacial score (nSPS) is 11.0. The molecule has 2 heterocycles. The number of phenolic OH excluding ortho intramolecular Hbond substituents is 1. The van der Waals surface area contributed by atoms with Gasteiger partial charge in [0.15, 0.2) is 0 Å². The summed E-state index contributed by atoms with van der Waals surface area (Å²) in [4.78, 5) is 25.9. The van der Waals surface area contributed by atoms with Gasteiger partial charge in [0, 0.05) is 16.0 Å². The molecule has 140 valence electrons. The highest BCUT2D eigenvalue weighted by Crippen LogP contribution is 2.24. The molecular weight excluding hydrogens is 384 g/mol. The van der Waals surface area contributed by atoms with E-state index in [1.165, 1.54) is 6.07 Å². The number of aromatic hydroxyl groups is 1. The van der Waals surface area contributed by atoms with Crippen molar-refractivity contribution in [3.05, 3.63) is 75.2 Å². The molecule has 0 radical (unpaired) electrons. The maximum atomic E-state index is 12.1. The number of carboxylic acids is 1. The van der Waals surface area contributed by atoms with Gasteiger partial charge in [-0.3, -0.25) is 4.79 Å². The van der Waals surface area contributed by atoms with Gasteiger partial charge in [0.25, 0.3) is 5.56 Å². The predicted octanol–water partition coefficient (Wildman–Crippen LogP) is 2.89. The van der Waals surface area contributed by atoms with E-state index in [4.69, 9.17) is 16.7 Å². The second-order valence-corrected chi connectivity index (χ2v) is 6.63. The third kappa shape index (κ3) is 3.33. The Kier molecular flexibility index (Phi) is 4.32. The Hall–Kier alpha value is -3.65. The molecule has 3 N–H and O–H groups in total. The van der Waals surface area contributed by atoms with Crippen molar-refractivity contribution in [2.24, 2.45) is 0 Å². The largest absolute Gasteiger partial charge is 0.508 e. The molecular formula is C19H13ClN4O4. The molecule has 0 saturated carbocycles. The van der Waals surface area contributed by atoms with Crippen LogP contribution in [0.25, 0.3) is 22.2 Å². The van der Waals surface area contributed by atoms with Gasteiger partial charge >= 0.3 is 5.97 Å². The van der Waals surface area contributed by atoms with Gasteiger partial charge in [-0.05, 0) is 35.9 Å². The number of rotatable bonds is 4. The zero-order chi connectivity index (χ0) is 19.8. The Balaban J connectivity index is 1.75. The van der Waals surface area contributed by atoms with E-state index < -0.39 is 11.5 Å². The van der Waals surface area contributed by atoms with E-state index in [0.29, 0.717) is 32.7 Å². The van der Waals surface area contributed by atoms with Gasteiger partial charge in [0.2, 0.25) is 0 Å². The van der Waals surface area contributed by atoms with Crippen LogP contribution in [0.5, 0.6) is 5.75 Å². The molecule has 0 saturated heterocycles. The number of aromatic carboxylic acids is 1. The Morgan fingerprint density at radius 2 is 2.04 bits per heavy atom. The third-order valence-electron chi connectivity index (χ3n) is 4.24. The summed E-state index contributed by atoms with van der Waals surface area (Å²) in [5.41, 5.74) is 1.37. The number of carboxylic acid groups (broad SMARTS) is 1. The van der Waals surface area contributed by atoms with Crippen LogP contribution in [-0.4, -0.2) is 36.2 Å². The van der Waals surface area contributed by atoms with Crippen LogP contribution >= 0.6 is 11.6 Å². The molecule has 2 aromatic carbocycles. The maximum Gasteiger partial charge on any atom is 0.341 e. The minimum absolute atomic E-state index is 0.125. The molecule has 0 fully saturated rings. The van der Waals surface area contributed by atoms with Crippen molar-refractivity contribution in [2.45, 2.75) is 6.54 Å². The number of pyridine rings is 1. The van der Waals surface area contributed by atoms with Crippen LogP contribution in [0.2, 0.25) is 5.02 Å². The van der Waals surface area contributed by atoms with E-state index in [0.717, 1.165) is 0 Å². The fourth-order valence-corrected chi connectivity index (χ4v) is 3.24. The van der Waals surface area contributed by atoms with Gasteiger partial charge in [0.05, 0.1) is 18.3 Å². The molecule has 0 unspecified atom stereocenters. The van der Waals surface area contributed by atoms with E-state index in [1.807, 2.05) is 0 Å². The quantitative estimate of drug-likeness (QED) is 0.487. The summed E-state index contributed by atoms with van der Waals surface area (Å²) >= 11 is 6.17. The summed E-state index contributed by atoms with van der Waals surface area (Å²) in [6, 6.07) is 11.2. The first kappa shape index (κ1) is 17.7. The molecule has 9 heteroatoms. The molecule has 8 nitrogen and oxygen atoms in total. The summed E-state index contributed by atoms with van der Waals surface area (Å²) < 4.78 is 1.56. The lowest BCUT2D eigenvalue weighted by atomic mass is 10.1. The molecule has 0 aliphatic heterocycles. The zero-order valence-electron chi connectivity index (χ0n) is 14.3. The number of nitrogens with zero attached hydrogens (tertiary/aromatic N) is 3. The standard InChI is InChI=1S/C19H13ClN4O4/c20-13-4-11-7-15(19(27)28)18(26)21-17(11)12(5-13)8-24-9-16(22-23-24)10-2-1-3-14(25)6-10/h1-7,9,25H,8H2,(H,21,26)(H,27,28). The molecule has 0 amide bonds. The number of fused-ring (bicyclic) bond motifs is 1. The number of phenols is 1. The number of aromatic amines is 1. The van der Waals surface area contributed by atoms with Crippen molar-refractivity contribution in [1.82, 2.24) is 20.0 Å². The summed E-state index contributed by atoms with van der Waals surface area (Å²) in [5, 5.41) is 27.8. The SMILES string of the molecule is O=C(O)c1cc2cc(Cl)cc(Cn3cc(-c4cccc(O)c4)nn3)c2[nH]c1=O. The summed E-state index contributed by atoms with van der Waals surface area (Å²) in [6.45, 7) is 0.255. The first-order valence-electron chi connectivity index (χ1n) is 8.19. The van der Waals surface area contributed by atoms with Gasteiger partial charge in [-0.25, -0.2) is 9.48 Å². The minimum Gasteiger partial charge on any atom is -0.508 e. The number of hydrogen-bond acceptors (Lipinski definition) is 5. The van der Waals surface area contributed by atoms with Crippen LogP contribution in [0.15, 0.2) is 53.5 Å². The van der Waals surface area contributed by atoms with Crippen molar-refractivity contribution < 1.29 is 15.0 Å². The Morgan fingerprint density at radius 3 is 2.79 bits per heavy atom. The number of aromatic nitrogens is 4. The molecule has 0 aliphatic carbocycles. The highest BCUT2D eigenvalue weighted by Gasteiger charge is 2.14. The van der Waals surface area contributed by atoms with Gasteiger partial charge in [-0.2, -0.15) is 0 Å². The Morgan fingerprint density at radius 1 is 1.21 bits per heavy atom. The Bertz CT molecular complexity index is 1280. The van der Waals surface area contributed by atoms with Crippen LogP contribution in [0.1, 0.15) is 15.9 Å².